The minimum absolute atomic E-state index is 0. The van der Waals surface area contributed by atoms with E-state index in [1.807, 2.05) is 20.2 Å². The number of aliphatic imine (C=N–C) groups is 1. The van der Waals surface area contributed by atoms with E-state index in [1.165, 1.54) is 10.6 Å². The largest absolute Gasteiger partial charge is 0.369 e. The first-order chi connectivity index (χ1) is 11.6. The highest BCUT2D eigenvalue weighted by atomic mass is 127. The van der Waals surface area contributed by atoms with Crippen molar-refractivity contribution in [3.05, 3.63) is 44.8 Å². The van der Waals surface area contributed by atoms with E-state index in [9.17, 15) is 0 Å². The van der Waals surface area contributed by atoms with Gasteiger partial charge in [0.25, 0.3) is 0 Å². The molecule has 2 heterocycles. The van der Waals surface area contributed by atoms with Crippen molar-refractivity contribution in [1.82, 2.24) is 15.6 Å². The topological polar surface area (TPSA) is 52.6 Å². The van der Waals surface area contributed by atoms with Crippen LogP contribution in [0.3, 0.4) is 0 Å². The van der Waals surface area contributed by atoms with Gasteiger partial charge in [-0.1, -0.05) is 15.9 Å². The fourth-order valence-corrected chi connectivity index (χ4v) is 3.81. The van der Waals surface area contributed by atoms with Gasteiger partial charge in [0.15, 0.2) is 5.96 Å². The van der Waals surface area contributed by atoms with E-state index >= 15 is 0 Å². The number of nitrogens with zero attached hydrogens (tertiary/aromatic N) is 3. The Labute approximate surface area is 178 Å². The van der Waals surface area contributed by atoms with Gasteiger partial charge in [0.05, 0.1) is 11.6 Å². The summed E-state index contributed by atoms with van der Waals surface area (Å²) in [4.78, 5) is 12.2. The van der Waals surface area contributed by atoms with Crippen molar-refractivity contribution in [3.8, 4) is 0 Å². The number of anilines is 1. The number of thiazole rings is 1. The average Bonchev–Trinajstić information content (AvgIpc) is 3.21. The lowest BCUT2D eigenvalue weighted by Gasteiger charge is -2.20. The van der Waals surface area contributed by atoms with E-state index in [1.54, 1.807) is 11.3 Å². The lowest BCUT2D eigenvalue weighted by Crippen LogP contribution is -2.44. The van der Waals surface area contributed by atoms with Crippen LogP contribution in [0.15, 0.2) is 39.9 Å². The molecule has 1 aliphatic heterocycles. The molecule has 136 valence electrons. The Morgan fingerprint density at radius 3 is 2.80 bits per heavy atom. The molecule has 2 aromatic rings. The summed E-state index contributed by atoms with van der Waals surface area (Å²) in [6.07, 6.45) is 3.03. The quantitative estimate of drug-likeness (QED) is 0.355. The number of hydrogen-bond donors (Lipinski definition) is 2. The van der Waals surface area contributed by atoms with E-state index in [0.717, 1.165) is 41.5 Å². The molecule has 1 fully saturated rings. The molecule has 0 spiro atoms. The third-order valence-electron chi connectivity index (χ3n) is 4.04. The number of rotatable bonds is 4. The van der Waals surface area contributed by atoms with Gasteiger partial charge in [-0.25, -0.2) is 4.98 Å². The first-order valence-corrected chi connectivity index (χ1v) is 9.64. The van der Waals surface area contributed by atoms with E-state index < -0.39 is 0 Å². The van der Waals surface area contributed by atoms with Gasteiger partial charge in [-0.15, -0.1) is 35.3 Å². The number of guanidine groups is 1. The second-order valence-corrected chi connectivity index (χ2v) is 8.06. The predicted octanol–water partition coefficient (Wildman–Crippen LogP) is 3.78. The van der Waals surface area contributed by atoms with Crippen LogP contribution in [0.2, 0.25) is 0 Å². The first kappa shape index (κ1) is 20.4. The van der Waals surface area contributed by atoms with Crippen LogP contribution in [0.5, 0.6) is 0 Å². The molecule has 1 atom stereocenters. The lowest BCUT2D eigenvalue weighted by molar-refractivity contribution is 0.649. The fraction of sp³-hybridized carbons (Fsp3) is 0.412. The summed E-state index contributed by atoms with van der Waals surface area (Å²) >= 11 is 5.20. The minimum atomic E-state index is 0. The second kappa shape index (κ2) is 9.72. The Hall–Kier alpha value is -0.870. The van der Waals surface area contributed by atoms with Crippen LogP contribution >= 0.6 is 51.2 Å². The summed E-state index contributed by atoms with van der Waals surface area (Å²) < 4.78 is 1.11. The van der Waals surface area contributed by atoms with Crippen molar-refractivity contribution in [2.75, 3.05) is 25.0 Å². The molecule has 0 bridgehead atoms. The van der Waals surface area contributed by atoms with Crippen molar-refractivity contribution < 1.29 is 0 Å². The molecule has 0 aliphatic carbocycles. The number of benzene rings is 1. The Balaban J connectivity index is 0.00000225. The minimum Gasteiger partial charge on any atom is -0.369 e. The van der Waals surface area contributed by atoms with Crippen molar-refractivity contribution in [2.24, 2.45) is 4.99 Å². The molecule has 25 heavy (non-hydrogen) atoms. The first-order valence-electron chi connectivity index (χ1n) is 8.03. The zero-order chi connectivity index (χ0) is 16.9. The van der Waals surface area contributed by atoms with Gasteiger partial charge in [0.2, 0.25) is 0 Å². The summed E-state index contributed by atoms with van der Waals surface area (Å²) in [6.45, 7) is 4.83. The smallest absolute Gasteiger partial charge is 0.191 e. The molecule has 5 nitrogen and oxygen atoms in total. The molecule has 3 rings (SSSR count). The maximum absolute atomic E-state index is 4.34. The number of nitrogens with one attached hydrogen (secondary N) is 2. The Kier molecular flexibility index (Phi) is 7.95. The Morgan fingerprint density at radius 2 is 2.16 bits per heavy atom. The van der Waals surface area contributed by atoms with E-state index in [4.69, 9.17) is 0 Å². The van der Waals surface area contributed by atoms with Crippen LogP contribution in [-0.4, -0.2) is 37.1 Å². The summed E-state index contributed by atoms with van der Waals surface area (Å²) in [6, 6.07) is 8.90. The van der Waals surface area contributed by atoms with Crippen molar-refractivity contribution in [2.45, 2.75) is 25.9 Å². The summed E-state index contributed by atoms with van der Waals surface area (Å²) in [7, 11) is 1.81. The molecule has 0 amide bonds. The lowest BCUT2D eigenvalue weighted by atomic mass is 10.3. The highest BCUT2D eigenvalue weighted by molar-refractivity contribution is 14.0. The van der Waals surface area contributed by atoms with Crippen molar-refractivity contribution >= 4 is 62.9 Å². The molecular weight excluding hydrogens is 513 g/mol. The summed E-state index contributed by atoms with van der Waals surface area (Å²) in [5.41, 5.74) is 1.27. The highest BCUT2D eigenvalue weighted by Gasteiger charge is 2.23. The maximum atomic E-state index is 4.34. The number of aromatic nitrogens is 1. The van der Waals surface area contributed by atoms with Gasteiger partial charge < -0.3 is 15.5 Å². The van der Waals surface area contributed by atoms with Gasteiger partial charge in [-0.05, 0) is 37.6 Å². The van der Waals surface area contributed by atoms with Crippen LogP contribution in [0.25, 0.3) is 0 Å². The highest BCUT2D eigenvalue weighted by Crippen LogP contribution is 2.22. The Morgan fingerprint density at radius 1 is 1.40 bits per heavy atom. The predicted molar refractivity (Wildman–Crippen MR) is 120 cm³/mol. The van der Waals surface area contributed by atoms with Crippen LogP contribution in [0, 0.1) is 6.92 Å². The molecule has 1 aliphatic rings. The van der Waals surface area contributed by atoms with Gasteiger partial charge in [-0.3, -0.25) is 4.99 Å². The van der Waals surface area contributed by atoms with Gasteiger partial charge in [0, 0.05) is 47.4 Å². The van der Waals surface area contributed by atoms with Crippen molar-refractivity contribution in [3.63, 3.8) is 0 Å². The molecule has 1 unspecified atom stereocenters. The van der Waals surface area contributed by atoms with Crippen LogP contribution < -0.4 is 15.5 Å². The third-order valence-corrected chi connectivity index (χ3v) is 5.49. The summed E-state index contributed by atoms with van der Waals surface area (Å²) in [5.74, 6) is 0.851. The summed E-state index contributed by atoms with van der Waals surface area (Å²) in [5, 5.41) is 7.99. The number of aryl methyl sites for hydroxylation is 1. The number of halogens is 2. The second-order valence-electron chi connectivity index (χ2n) is 5.82. The molecular formula is C17H23BrIN5S. The molecule has 1 aromatic carbocycles. The van der Waals surface area contributed by atoms with E-state index in [0.29, 0.717) is 6.04 Å². The number of hydrogen-bond acceptors (Lipinski definition) is 4. The SMILES string of the molecule is CN=C(NCc1cnc(C)s1)NC1CCN(c2ccc(Br)cc2)C1.I. The van der Waals surface area contributed by atoms with Gasteiger partial charge in [0.1, 0.15) is 0 Å². The van der Waals surface area contributed by atoms with Gasteiger partial charge >= 0.3 is 0 Å². The standard InChI is InChI=1S/C17H22BrN5S.HI/c1-12-20-9-16(24-12)10-21-17(19-2)22-14-7-8-23(11-14)15-5-3-13(18)4-6-15;/h3-6,9,14H,7-8,10-11H2,1-2H3,(H2,19,21,22);1H. The fourth-order valence-electron chi connectivity index (χ4n) is 2.81. The zero-order valence-corrected chi connectivity index (χ0v) is 19.1. The molecule has 1 aromatic heterocycles. The molecule has 2 N–H and O–H groups in total. The Bertz CT molecular complexity index is 703. The molecule has 1 saturated heterocycles. The molecule has 0 saturated carbocycles. The van der Waals surface area contributed by atoms with Crippen molar-refractivity contribution in [1.29, 1.82) is 0 Å². The molecule has 8 heteroatoms. The van der Waals surface area contributed by atoms with Crippen LogP contribution in [0.1, 0.15) is 16.3 Å². The molecule has 0 radical (unpaired) electrons. The normalized spacial score (nSPS) is 17.3. The van der Waals surface area contributed by atoms with E-state index in [2.05, 4.69) is 65.7 Å². The van der Waals surface area contributed by atoms with Crippen LogP contribution in [0.4, 0.5) is 5.69 Å². The maximum Gasteiger partial charge on any atom is 0.191 e. The third kappa shape index (κ3) is 5.82. The average molecular weight is 536 g/mol. The van der Waals surface area contributed by atoms with Gasteiger partial charge in [-0.2, -0.15) is 0 Å². The monoisotopic (exact) mass is 535 g/mol. The van der Waals surface area contributed by atoms with E-state index in [-0.39, 0.29) is 24.0 Å². The van der Waals surface area contributed by atoms with Crippen LogP contribution in [-0.2, 0) is 6.54 Å². The zero-order valence-electron chi connectivity index (χ0n) is 14.3.